The first-order valence-corrected chi connectivity index (χ1v) is 9.36. The molecule has 1 saturated heterocycles. The van der Waals surface area contributed by atoms with Gasteiger partial charge in [0, 0.05) is 26.7 Å². The fourth-order valence-electron chi connectivity index (χ4n) is 3.46. The van der Waals surface area contributed by atoms with Crippen LogP contribution in [0.4, 0.5) is 0 Å². The smallest absolute Gasteiger partial charge is 0.248 e. The highest BCUT2D eigenvalue weighted by atomic mass is 16.5. The van der Waals surface area contributed by atoms with Crippen molar-refractivity contribution < 1.29 is 14.3 Å². The van der Waals surface area contributed by atoms with Crippen LogP contribution in [0.3, 0.4) is 0 Å². The maximum absolute atomic E-state index is 12.6. The molecule has 142 valence electrons. The molecule has 1 atom stereocenters. The van der Waals surface area contributed by atoms with Gasteiger partial charge in [0.05, 0.1) is 5.92 Å². The zero-order valence-electron chi connectivity index (χ0n) is 15.7. The van der Waals surface area contributed by atoms with Crippen LogP contribution < -0.4 is 5.32 Å². The van der Waals surface area contributed by atoms with Gasteiger partial charge in [-0.1, -0.05) is 48.5 Å². The van der Waals surface area contributed by atoms with Gasteiger partial charge in [0.1, 0.15) is 6.61 Å². The largest absolute Gasteiger partial charge is 0.375 e. The molecule has 1 N–H and O–H groups in total. The van der Waals surface area contributed by atoms with Crippen LogP contribution in [-0.4, -0.2) is 43.5 Å². The summed E-state index contributed by atoms with van der Waals surface area (Å²) in [7, 11) is 1.51. The second kappa shape index (κ2) is 9.33. The van der Waals surface area contributed by atoms with Crippen LogP contribution in [-0.2, 0) is 20.9 Å². The van der Waals surface area contributed by atoms with Crippen molar-refractivity contribution in [3.63, 3.8) is 0 Å². The molecule has 0 radical (unpaired) electrons. The van der Waals surface area contributed by atoms with E-state index in [2.05, 4.69) is 29.6 Å². The molecule has 1 aliphatic heterocycles. The minimum atomic E-state index is -0.156. The Kier molecular flexibility index (Phi) is 6.60. The number of carbonyl (C=O) groups is 2. The van der Waals surface area contributed by atoms with E-state index in [1.165, 1.54) is 7.11 Å². The lowest BCUT2D eigenvalue weighted by atomic mass is 9.97. The fourth-order valence-corrected chi connectivity index (χ4v) is 3.46. The van der Waals surface area contributed by atoms with E-state index in [1.54, 1.807) is 4.90 Å². The van der Waals surface area contributed by atoms with Crippen LogP contribution >= 0.6 is 0 Å². The SMILES string of the molecule is COCC(=O)N1CCC[C@H](C(=O)NCc2cccc(-c3ccccc3)c2)C1. The Morgan fingerprint density at radius 2 is 1.89 bits per heavy atom. The molecule has 0 bridgehead atoms. The first kappa shape index (κ1) is 19.1. The van der Waals surface area contributed by atoms with Crippen molar-refractivity contribution in [2.45, 2.75) is 19.4 Å². The first-order valence-electron chi connectivity index (χ1n) is 9.36. The summed E-state index contributed by atoms with van der Waals surface area (Å²) in [5.41, 5.74) is 3.36. The minimum absolute atomic E-state index is 0.00929. The maximum atomic E-state index is 12.6. The van der Waals surface area contributed by atoms with Crippen LogP contribution in [0.1, 0.15) is 18.4 Å². The van der Waals surface area contributed by atoms with Crippen molar-refractivity contribution in [2.75, 3.05) is 26.8 Å². The van der Waals surface area contributed by atoms with Crippen molar-refractivity contribution in [1.82, 2.24) is 10.2 Å². The quantitative estimate of drug-likeness (QED) is 0.855. The van der Waals surface area contributed by atoms with Crippen molar-refractivity contribution >= 4 is 11.8 Å². The number of amides is 2. The van der Waals surface area contributed by atoms with Gasteiger partial charge in [0.15, 0.2) is 0 Å². The summed E-state index contributed by atoms with van der Waals surface area (Å²) >= 11 is 0. The van der Waals surface area contributed by atoms with Gasteiger partial charge >= 0.3 is 0 Å². The normalized spacial score (nSPS) is 16.8. The average Bonchev–Trinajstić information content (AvgIpc) is 2.73. The predicted molar refractivity (Wildman–Crippen MR) is 105 cm³/mol. The molecule has 0 saturated carbocycles. The maximum Gasteiger partial charge on any atom is 0.248 e. The lowest BCUT2D eigenvalue weighted by Gasteiger charge is -2.32. The standard InChI is InChI=1S/C22H26N2O3/c1-27-16-21(25)24-12-6-11-20(15-24)22(26)23-14-17-7-5-10-19(13-17)18-8-3-2-4-9-18/h2-5,7-10,13,20H,6,11-12,14-16H2,1H3,(H,23,26)/t20-/m0/s1. The Hall–Kier alpha value is -2.66. The van der Waals surface area contributed by atoms with E-state index in [0.717, 1.165) is 29.5 Å². The van der Waals surface area contributed by atoms with E-state index < -0.39 is 0 Å². The highest BCUT2D eigenvalue weighted by Gasteiger charge is 2.28. The number of likely N-dealkylation sites (tertiary alicyclic amines) is 1. The van der Waals surface area contributed by atoms with Crippen LogP contribution in [0, 0.1) is 5.92 Å². The summed E-state index contributed by atoms with van der Waals surface area (Å²) in [4.78, 5) is 26.3. The molecular formula is C22H26N2O3. The van der Waals surface area contributed by atoms with Crippen LogP contribution in [0.2, 0.25) is 0 Å². The number of carbonyl (C=O) groups excluding carboxylic acids is 2. The number of hydrogen-bond donors (Lipinski definition) is 1. The molecule has 0 spiro atoms. The number of methoxy groups -OCH3 is 1. The van der Waals surface area contributed by atoms with E-state index in [9.17, 15) is 9.59 Å². The van der Waals surface area contributed by atoms with Crippen LogP contribution in [0.25, 0.3) is 11.1 Å². The molecule has 0 aromatic heterocycles. The van der Waals surface area contributed by atoms with E-state index in [1.807, 2.05) is 30.3 Å². The monoisotopic (exact) mass is 366 g/mol. The third-order valence-electron chi connectivity index (χ3n) is 4.91. The molecule has 1 heterocycles. The van der Waals surface area contributed by atoms with Gasteiger partial charge in [-0.15, -0.1) is 0 Å². The third kappa shape index (κ3) is 5.17. The molecular weight excluding hydrogens is 340 g/mol. The molecule has 5 heteroatoms. The van der Waals surface area contributed by atoms with Gasteiger partial charge in [-0.25, -0.2) is 0 Å². The summed E-state index contributed by atoms with van der Waals surface area (Å²) in [5.74, 6) is -0.197. The Bertz CT molecular complexity index is 776. The summed E-state index contributed by atoms with van der Waals surface area (Å²) in [6.45, 7) is 1.73. The van der Waals surface area contributed by atoms with Crippen molar-refractivity contribution in [1.29, 1.82) is 0 Å². The number of nitrogens with one attached hydrogen (secondary N) is 1. The Balaban J connectivity index is 1.57. The lowest BCUT2D eigenvalue weighted by molar-refractivity contribution is -0.139. The molecule has 0 unspecified atom stereocenters. The summed E-state index contributed by atoms with van der Waals surface area (Å²) in [5, 5.41) is 3.03. The molecule has 2 aromatic rings. The van der Waals surface area contributed by atoms with Crippen LogP contribution in [0.5, 0.6) is 0 Å². The van der Waals surface area contributed by atoms with Gasteiger partial charge in [-0.2, -0.15) is 0 Å². The third-order valence-corrected chi connectivity index (χ3v) is 4.91. The van der Waals surface area contributed by atoms with Crippen molar-refractivity contribution in [3.8, 4) is 11.1 Å². The van der Waals surface area contributed by atoms with Gasteiger partial charge in [-0.05, 0) is 35.6 Å². The van der Waals surface area contributed by atoms with Gasteiger partial charge in [-0.3, -0.25) is 9.59 Å². The topological polar surface area (TPSA) is 58.6 Å². The van der Waals surface area contributed by atoms with Crippen molar-refractivity contribution in [3.05, 3.63) is 60.2 Å². The van der Waals surface area contributed by atoms with E-state index in [-0.39, 0.29) is 24.3 Å². The number of piperidine rings is 1. The highest BCUT2D eigenvalue weighted by Crippen LogP contribution is 2.20. The Morgan fingerprint density at radius 3 is 2.67 bits per heavy atom. The molecule has 1 aliphatic rings. The van der Waals surface area contributed by atoms with E-state index in [4.69, 9.17) is 4.74 Å². The van der Waals surface area contributed by atoms with Crippen LogP contribution in [0.15, 0.2) is 54.6 Å². The summed E-state index contributed by atoms with van der Waals surface area (Å²) in [6.07, 6.45) is 1.66. The van der Waals surface area contributed by atoms with Gasteiger partial charge in [0.25, 0.3) is 0 Å². The Labute approximate surface area is 160 Å². The number of hydrogen-bond acceptors (Lipinski definition) is 3. The zero-order chi connectivity index (χ0) is 19.1. The lowest BCUT2D eigenvalue weighted by Crippen LogP contribution is -2.46. The van der Waals surface area contributed by atoms with E-state index in [0.29, 0.717) is 19.6 Å². The first-order chi connectivity index (χ1) is 13.2. The zero-order valence-corrected chi connectivity index (χ0v) is 15.7. The summed E-state index contributed by atoms with van der Waals surface area (Å²) in [6, 6.07) is 18.4. The predicted octanol–water partition coefficient (Wildman–Crippen LogP) is 2.85. The molecule has 2 aromatic carbocycles. The second-order valence-corrected chi connectivity index (χ2v) is 6.90. The fraction of sp³-hybridized carbons (Fsp3) is 0.364. The Morgan fingerprint density at radius 1 is 1.11 bits per heavy atom. The molecule has 0 aliphatic carbocycles. The van der Waals surface area contributed by atoms with Crippen molar-refractivity contribution in [2.24, 2.45) is 5.92 Å². The highest BCUT2D eigenvalue weighted by molar-refractivity contribution is 5.81. The van der Waals surface area contributed by atoms with Gasteiger partial charge < -0.3 is 15.0 Å². The number of ether oxygens (including phenoxy) is 1. The number of nitrogens with zero attached hydrogens (tertiary/aromatic N) is 1. The number of rotatable bonds is 6. The average molecular weight is 366 g/mol. The molecule has 2 amide bonds. The molecule has 27 heavy (non-hydrogen) atoms. The molecule has 1 fully saturated rings. The number of benzene rings is 2. The summed E-state index contributed by atoms with van der Waals surface area (Å²) < 4.78 is 4.91. The van der Waals surface area contributed by atoms with E-state index >= 15 is 0 Å². The molecule has 5 nitrogen and oxygen atoms in total. The minimum Gasteiger partial charge on any atom is -0.375 e. The van der Waals surface area contributed by atoms with Gasteiger partial charge in [0.2, 0.25) is 11.8 Å². The molecule has 3 rings (SSSR count). The second-order valence-electron chi connectivity index (χ2n) is 6.90.